The molecule has 1 aliphatic rings. The molecule has 1 amide bonds. The van der Waals surface area contributed by atoms with Crippen molar-refractivity contribution in [2.24, 2.45) is 0 Å². The minimum atomic E-state index is 0.0758. The van der Waals surface area contributed by atoms with Gasteiger partial charge in [0.2, 0.25) is 0 Å². The van der Waals surface area contributed by atoms with E-state index in [-0.39, 0.29) is 5.91 Å². The molecule has 3 nitrogen and oxygen atoms in total. The van der Waals surface area contributed by atoms with Crippen molar-refractivity contribution in [1.29, 1.82) is 0 Å². The van der Waals surface area contributed by atoms with E-state index >= 15 is 0 Å². The van der Waals surface area contributed by atoms with E-state index in [0.717, 1.165) is 30.8 Å². The molecule has 1 saturated heterocycles. The van der Waals surface area contributed by atoms with Gasteiger partial charge < -0.3 is 10.6 Å². The average Bonchev–Trinajstić information content (AvgIpc) is 2.72. The smallest absolute Gasteiger partial charge is 0.261 e. The summed E-state index contributed by atoms with van der Waals surface area (Å²) >= 11 is 1.49. The number of amides is 1. The lowest BCUT2D eigenvalue weighted by atomic mass is 10.1. The highest BCUT2D eigenvalue weighted by molar-refractivity contribution is 7.12. The Bertz CT molecular complexity index is 291. The number of carbonyl (C=O) groups excluding carboxylic acids is 1. The maximum absolute atomic E-state index is 11.7. The van der Waals surface area contributed by atoms with E-state index in [1.54, 1.807) is 0 Å². The lowest BCUT2D eigenvalue weighted by molar-refractivity contribution is 0.0933. The first-order valence-electron chi connectivity index (χ1n) is 4.91. The summed E-state index contributed by atoms with van der Waals surface area (Å²) in [5.74, 6) is 0.0758. The Morgan fingerprint density at radius 3 is 2.93 bits per heavy atom. The number of rotatable bonds is 2. The van der Waals surface area contributed by atoms with Gasteiger partial charge in [-0.25, -0.2) is 0 Å². The van der Waals surface area contributed by atoms with Crippen LogP contribution in [0.25, 0.3) is 0 Å². The first-order valence-corrected chi connectivity index (χ1v) is 5.79. The highest BCUT2D eigenvalue weighted by atomic mass is 32.1. The molecule has 0 aliphatic carbocycles. The molecular formula is C10H14N2OS. The Morgan fingerprint density at radius 2 is 2.29 bits per heavy atom. The molecule has 1 aromatic rings. The van der Waals surface area contributed by atoms with Gasteiger partial charge in [-0.15, -0.1) is 11.3 Å². The molecule has 0 spiro atoms. The highest BCUT2D eigenvalue weighted by Crippen LogP contribution is 2.10. The zero-order valence-electron chi connectivity index (χ0n) is 7.95. The summed E-state index contributed by atoms with van der Waals surface area (Å²) in [5.41, 5.74) is 0. The van der Waals surface area contributed by atoms with Gasteiger partial charge in [0.25, 0.3) is 5.91 Å². The molecule has 0 aromatic carbocycles. The standard InChI is InChI=1S/C10H14N2OS/c13-10(9-2-1-7-14-9)12-8-3-5-11-6-4-8/h1-2,7-8,11H,3-6H2,(H,12,13). The zero-order valence-corrected chi connectivity index (χ0v) is 8.77. The van der Waals surface area contributed by atoms with Crippen LogP contribution in [0.4, 0.5) is 0 Å². The summed E-state index contributed by atoms with van der Waals surface area (Å²) in [6.45, 7) is 2.02. The molecule has 2 N–H and O–H groups in total. The van der Waals surface area contributed by atoms with E-state index in [0.29, 0.717) is 6.04 Å². The van der Waals surface area contributed by atoms with Crippen LogP contribution in [0.15, 0.2) is 17.5 Å². The number of carbonyl (C=O) groups is 1. The van der Waals surface area contributed by atoms with Gasteiger partial charge in [0.05, 0.1) is 4.88 Å². The Labute approximate surface area is 87.5 Å². The van der Waals surface area contributed by atoms with Crippen LogP contribution in [0.5, 0.6) is 0 Å². The third kappa shape index (κ3) is 2.33. The molecule has 1 aromatic heterocycles. The predicted octanol–water partition coefficient (Wildman–Crippen LogP) is 1.23. The molecule has 2 rings (SSSR count). The van der Waals surface area contributed by atoms with Crippen molar-refractivity contribution in [3.8, 4) is 0 Å². The second kappa shape index (κ2) is 4.57. The molecule has 0 radical (unpaired) electrons. The fourth-order valence-electron chi connectivity index (χ4n) is 1.63. The molecular weight excluding hydrogens is 196 g/mol. The highest BCUT2D eigenvalue weighted by Gasteiger charge is 2.16. The molecule has 1 fully saturated rings. The Balaban J connectivity index is 1.87. The van der Waals surface area contributed by atoms with E-state index in [4.69, 9.17) is 0 Å². The zero-order chi connectivity index (χ0) is 9.80. The maximum atomic E-state index is 11.7. The number of hydrogen-bond donors (Lipinski definition) is 2. The lowest BCUT2D eigenvalue weighted by Crippen LogP contribution is -2.42. The van der Waals surface area contributed by atoms with Crippen molar-refractivity contribution in [1.82, 2.24) is 10.6 Å². The second-order valence-corrected chi connectivity index (χ2v) is 4.42. The van der Waals surface area contributed by atoms with Crippen LogP contribution in [0.2, 0.25) is 0 Å². The molecule has 0 bridgehead atoms. The van der Waals surface area contributed by atoms with Crippen molar-refractivity contribution in [3.63, 3.8) is 0 Å². The number of hydrogen-bond acceptors (Lipinski definition) is 3. The van der Waals surface area contributed by atoms with Crippen LogP contribution in [-0.2, 0) is 0 Å². The molecule has 4 heteroatoms. The Hall–Kier alpha value is -0.870. The van der Waals surface area contributed by atoms with E-state index < -0.39 is 0 Å². The molecule has 0 saturated carbocycles. The van der Waals surface area contributed by atoms with Crippen molar-refractivity contribution >= 4 is 17.2 Å². The van der Waals surface area contributed by atoms with Crippen LogP contribution in [0.1, 0.15) is 22.5 Å². The molecule has 14 heavy (non-hydrogen) atoms. The van der Waals surface area contributed by atoms with Crippen LogP contribution in [0, 0.1) is 0 Å². The summed E-state index contributed by atoms with van der Waals surface area (Å²) in [6, 6.07) is 4.12. The number of nitrogens with one attached hydrogen (secondary N) is 2. The van der Waals surface area contributed by atoms with Gasteiger partial charge in [-0.3, -0.25) is 4.79 Å². The topological polar surface area (TPSA) is 41.1 Å². The normalized spacial score (nSPS) is 18.0. The molecule has 0 atom stereocenters. The third-order valence-electron chi connectivity index (χ3n) is 2.42. The summed E-state index contributed by atoms with van der Waals surface area (Å²) < 4.78 is 0. The largest absolute Gasteiger partial charge is 0.349 e. The van der Waals surface area contributed by atoms with Gasteiger partial charge in [0.1, 0.15) is 0 Å². The monoisotopic (exact) mass is 210 g/mol. The minimum Gasteiger partial charge on any atom is -0.349 e. The number of thiophene rings is 1. The van der Waals surface area contributed by atoms with Crippen LogP contribution in [-0.4, -0.2) is 25.0 Å². The first kappa shape index (κ1) is 9.68. The minimum absolute atomic E-state index is 0.0758. The summed E-state index contributed by atoms with van der Waals surface area (Å²) in [7, 11) is 0. The molecule has 76 valence electrons. The summed E-state index contributed by atoms with van der Waals surface area (Å²) in [5, 5.41) is 8.25. The molecule has 0 unspecified atom stereocenters. The summed E-state index contributed by atoms with van der Waals surface area (Å²) in [4.78, 5) is 12.5. The van der Waals surface area contributed by atoms with Crippen molar-refractivity contribution in [2.45, 2.75) is 18.9 Å². The Morgan fingerprint density at radius 1 is 1.50 bits per heavy atom. The van der Waals surface area contributed by atoms with Gasteiger partial charge in [0, 0.05) is 6.04 Å². The van der Waals surface area contributed by atoms with E-state index in [1.807, 2.05) is 17.5 Å². The second-order valence-electron chi connectivity index (χ2n) is 3.48. The quantitative estimate of drug-likeness (QED) is 0.771. The van der Waals surface area contributed by atoms with Crippen molar-refractivity contribution in [2.75, 3.05) is 13.1 Å². The lowest BCUT2D eigenvalue weighted by Gasteiger charge is -2.23. The predicted molar refractivity (Wildman–Crippen MR) is 57.7 cm³/mol. The van der Waals surface area contributed by atoms with Gasteiger partial charge in [0.15, 0.2) is 0 Å². The van der Waals surface area contributed by atoms with Gasteiger partial charge in [-0.1, -0.05) is 6.07 Å². The van der Waals surface area contributed by atoms with Gasteiger partial charge in [-0.05, 0) is 37.4 Å². The average molecular weight is 210 g/mol. The van der Waals surface area contributed by atoms with E-state index in [2.05, 4.69) is 10.6 Å². The van der Waals surface area contributed by atoms with Gasteiger partial charge in [-0.2, -0.15) is 0 Å². The van der Waals surface area contributed by atoms with E-state index in [9.17, 15) is 4.79 Å². The third-order valence-corrected chi connectivity index (χ3v) is 3.29. The summed E-state index contributed by atoms with van der Waals surface area (Å²) in [6.07, 6.45) is 2.08. The molecule has 1 aliphatic heterocycles. The first-order chi connectivity index (χ1) is 6.86. The van der Waals surface area contributed by atoms with Crippen molar-refractivity contribution < 1.29 is 4.79 Å². The molecule has 2 heterocycles. The maximum Gasteiger partial charge on any atom is 0.261 e. The van der Waals surface area contributed by atoms with Gasteiger partial charge >= 0.3 is 0 Å². The van der Waals surface area contributed by atoms with Crippen molar-refractivity contribution in [3.05, 3.63) is 22.4 Å². The van der Waals surface area contributed by atoms with Crippen LogP contribution < -0.4 is 10.6 Å². The van der Waals surface area contributed by atoms with Crippen LogP contribution >= 0.6 is 11.3 Å². The number of piperidine rings is 1. The van der Waals surface area contributed by atoms with E-state index in [1.165, 1.54) is 11.3 Å². The SMILES string of the molecule is O=C(NC1CCNCC1)c1cccs1. The fraction of sp³-hybridized carbons (Fsp3) is 0.500. The Kier molecular flexibility index (Phi) is 3.16. The fourth-order valence-corrected chi connectivity index (χ4v) is 2.26. The van der Waals surface area contributed by atoms with Crippen LogP contribution in [0.3, 0.4) is 0 Å².